The summed E-state index contributed by atoms with van der Waals surface area (Å²) in [5.41, 5.74) is 0.897. The summed E-state index contributed by atoms with van der Waals surface area (Å²) in [6.45, 7) is 1.01. The topological polar surface area (TPSA) is 32.3 Å². The largest absolute Gasteiger partial charge is 0.506 e. The number of nitrogens with one attached hydrogen (secondary N) is 1. The molecular formula is C11H13BrClNO. The van der Waals surface area contributed by atoms with Gasteiger partial charge in [-0.2, -0.15) is 0 Å². The first-order valence-corrected chi connectivity index (χ1v) is 6.27. The lowest BCUT2D eigenvalue weighted by atomic mass is 9.97. The Kier molecular flexibility index (Phi) is 3.54. The zero-order chi connectivity index (χ0) is 10.8. The molecule has 0 unspecified atom stereocenters. The predicted octanol–water partition coefficient (Wildman–Crippen LogP) is 3.62. The molecule has 2 rings (SSSR count). The van der Waals surface area contributed by atoms with Gasteiger partial charge in [0.25, 0.3) is 0 Å². The van der Waals surface area contributed by atoms with E-state index < -0.39 is 0 Å². The van der Waals surface area contributed by atoms with Crippen LogP contribution in [0.15, 0.2) is 16.6 Å². The number of halogens is 2. The number of phenolic OH excluding ortho intramolecular Hbond substituents is 1. The van der Waals surface area contributed by atoms with Gasteiger partial charge in [0, 0.05) is 16.6 Å². The van der Waals surface area contributed by atoms with Crippen molar-refractivity contribution in [1.29, 1.82) is 0 Å². The van der Waals surface area contributed by atoms with Gasteiger partial charge in [-0.3, -0.25) is 0 Å². The van der Waals surface area contributed by atoms with E-state index in [1.54, 1.807) is 6.07 Å². The monoisotopic (exact) mass is 289 g/mol. The van der Waals surface area contributed by atoms with Gasteiger partial charge >= 0.3 is 0 Å². The van der Waals surface area contributed by atoms with Crippen LogP contribution in [-0.4, -0.2) is 11.7 Å². The average Bonchev–Trinajstić information content (AvgIpc) is 2.24. The SMILES string of the molecule is Oc1c(Br)cc(Cl)cc1[C@H]1CCCCN1. The van der Waals surface area contributed by atoms with Crippen molar-refractivity contribution >= 4 is 27.5 Å². The molecule has 1 heterocycles. The summed E-state index contributed by atoms with van der Waals surface area (Å²) in [6, 6.07) is 3.78. The van der Waals surface area contributed by atoms with Gasteiger partial charge in [0.2, 0.25) is 0 Å². The average molecular weight is 291 g/mol. The zero-order valence-corrected chi connectivity index (χ0v) is 10.6. The lowest BCUT2D eigenvalue weighted by Crippen LogP contribution is -2.26. The highest BCUT2D eigenvalue weighted by molar-refractivity contribution is 9.10. The van der Waals surface area contributed by atoms with Gasteiger partial charge in [0.05, 0.1) is 4.47 Å². The highest BCUT2D eigenvalue weighted by Crippen LogP contribution is 2.37. The van der Waals surface area contributed by atoms with Crippen molar-refractivity contribution in [2.45, 2.75) is 25.3 Å². The number of rotatable bonds is 1. The molecule has 82 valence electrons. The maximum Gasteiger partial charge on any atom is 0.134 e. The second-order valence-corrected chi connectivity index (χ2v) is 5.12. The normalized spacial score (nSPS) is 21.6. The number of phenols is 1. The first-order valence-electron chi connectivity index (χ1n) is 5.10. The Labute approximate surface area is 103 Å². The molecule has 1 aromatic carbocycles. The third-order valence-electron chi connectivity index (χ3n) is 2.74. The van der Waals surface area contributed by atoms with Crippen molar-refractivity contribution in [2.75, 3.05) is 6.54 Å². The summed E-state index contributed by atoms with van der Waals surface area (Å²) in [4.78, 5) is 0. The van der Waals surface area contributed by atoms with Crippen LogP contribution < -0.4 is 5.32 Å². The molecule has 2 N–H and O–H groups in total. The van der Waals surface area contributed by atoms with E-state index >= 15 is 0 Å². The molecule has 0 amide bonds. The van der Waals surface area contributed by atoms with E-state index in [1.807, 2.05) is 6.07 Å². The summed E-state index contributed by atoms with van der Waals surface area (Å²) in [7, 11) is 0. The number of piperidine rings is 1. The highest BCUT2D eigenvalue weighted by atomic mass is 79.9. The minimum Gasteiger partial charge on any atom is -0.506 e. The second-order valence-electron chi connectivity index (χ2n) is 3.83. The number of hydrogen-bond donors (Lipinski definition) is 2. The van der Waals surface area contributed by atoms with Crippen molar-refractivity contribution in [3.05, 3.63) is 27.2 Å². The van der Waals surface area contributed by atoms with E-state index in [4.69, 9.17) is 11.6 Å². The Hall–Kier alpha value is -0.250. The minimum atomic E-state index is 0.230. The Bertz CT molecular complexity index is 364. The van der Waals surface area contributed by atoms with Crippen LogP contribution in [0.3, 0.4) is 0 Å². The van der Waals surface area contributed by atoms with E-state index in [0.717, 1.165) is 18.5 Å². The van der Waals surface area contributed by atoms with E-state index in [9.17, 15) is 5.11 Å². The molecule has 1 fully saturated rings. The van der Waals surface area contributed by atoms with Crippen LogP contribution in [0.25, 0.3) is 0 Å². The third kappa shape index (κ3) is 2.47. The Morgan fingerprint density at radius 3 is 2.87 bits per heavy atom. The quantitative estimate of drug-likeness (QED) is 0.828. The fraction of sp³-hybridized carbons (Fsp3) is 0.455. The molecule has 4 heteroatoms. The van der Waals surface area contributed by atoms with Crippen molar-refractivity contribution in [1.82, 2.24) is 5.32 Å². The molecule has 1 aliphatic heterocycles. The van der Waals surface area contributed by atoms with Crippen molar-refractivity contribution in [2.24, 2.45) is 0 Å². The molecule has 1 aromatic rings. The molecule has 1 atom stereocenters. The van der Waals surface area contributed by atoms with Crippen LogP contribution >= 0.6 is 27.5 Å². The van der Waals surface area contributed by atoms with Crippen LogP contribution in [0.4, 0.5) is 0 Å². The number of aromatic hydroxyl groups is 1. The molecule has 0 radical (unpaired) electrons. The zero-order valence-electron chi connectivity index (χ0n) is 8.26. The van der Waals surface area contributed by atoms with E-state index in [1.165, 1.54) is 12.8 Å². The fourth-order valence-electron chi connectivity index (χ4n) is 1.97. The standard InChI is InChI=1S/C11H13BrClNO/c12-9-6-7(13)5-8(11(9)15)10-3-1-2-4-14-10/h5-6,10,14-15H,1-4H2/t10-/m1/s1. The lowest BCUT2D eigenvalue weighted by molar-refractivity contribution is 0.390. The molecule has 0 spiro atoms. The summed E-state index contributed by atoms with van der Waals surface area (Å²) in [6.07, 6.45) is 3.46. The van der Waals surface area contributed by atoms with Gasteiger partial charge in [-0.15, -0.1) is 0 Å². The Balaban J connectivity index is 2.33. The van der Waals surface area contributed by atoms with Gasteiger partial charge in [0.1, 0.15) is 5.75 Å². The van der Waals surface area contributed by atoms with Gasteiger partial charge in [0.15, 0.2) is 0 Å². The molecular weight excluding hydrogens is 277 g/mol. The molecule has 1 saturated heterocycles. The van der Waals surface area contributed by atoms with E-state index in [2.05, 4.69) is 21.2 Å². The molecule has 0 saturated carbocycles. The van der Waals surface area contributed by atoms with Crippen LogP contribution in [0.1, 0.15) is 30.9 Å². The van der Waals surface area contributed by atoms with Crippen LogP contribution in [0.2, 0.25) is 5.02 Å². The first-order chi connectivity index (χ1) is 7.18. The fourth-order valence-corrected chi connectivity index (χ4v) is 2.80. The summed E-state index contributed by atoms with van der Waals surface area (Å²) in [5.74, 6) is 0.304. The molecule has 0 aromatic heterocycles. The van der Waals surface area contributed by atoms with Gasteiger partial charge in [-0.05, 0) is 47.4 Å². The molecule has 0 bridgehead atoms. The van der Waals surface area contributed by atoms with Crippen LogP contribution in [-0.2, 0) is 0 Å². The van der Waals surface area contributed by atoms with Gasteiger partial charge < -0.3 is 10.4 Å². The first kappa shape index (κ1) is 11.2. The summed E-state index contributed by atoms with van der Waals surface area (Å²) in [5, 5.41) is 14.0. The molecule has 2 nitrogen and oxygen atoms in total. The van der Waals surface area contributed by atoms with Crippen molar-refractivity contribution < 1.29 is 5.11 Å². The van der Waals surface area contributed by atoms with Gasteiger partial charge in [-0.25, -0.2) is 0 Å². The summed E-state index contributed by atoms with van der Waals surface area (Å²) < 4.78 is 0.664. The van der Waals surface area contributed by atoms with E-state index in [-0.39, 0.29) is 6.04 Å². The molecule has 1 aliphatic rings. The minimum absolute atomic E-state index is 0.230. The van der Waals surface area contributed by atoms with E-state index in [0.29, 0.717) is 15.2 Å². The second kappa shape index (κ2) is 4.73. The lowest BCUT2D eigenvalue weighted by Gasteiger charge is -2.25. The molecule has 0 aliphatic carbocycles. The maximum atomic E-state index is 9.93. The third-order valence-corrected chi connectivity index (χ3v) is 3.57. The smallest absolute Gasteiger partial charge is 0.134 e. The van der Waals surface area contributed by atoms with Crippen molar-refractivity contribution in [3.63, 3.8) is 0 Å². The van der Waals surface area contributed by atoms with Crippen LogP contribution in [0.5, 0.6) is 5.75 Å². The van der Waals surface area contributed by atoms with Crippen molar-refractivity contribution in [3.8, 4) is 5.75 Å². The Morgan fingerprint density at radius 2 is 2.20 bits per heavy atom. The van der Waals surface area contributed by atoms with Gasteiger partial charge in [-0.1, -0.05) is 18.0 Å². The Morgan fingerprint density at radius 1 is 1.40 bits per heavy atom. The summed E-state index contributed by atoms with van der Waals surface area (Å²) >= 11 is 9.27. The predicted molar refractivity (Wildman–Crippen MR) is 65.4 cm³/mol. The maximum absolute atomic E-state index is 9.93. The number of benzene rings is 1. The number of hydrogen-bond acceptors (Lipinski definition) is 2. The molecule has 15 heavy (non-hydrogen) atoms. The van der Waals surface area contributed by atoms with Crippen LogP contribution in [0, 0.1) is 0 Å². The highest BCUT2D eigenvalue weighted by Gasteiger charge is 2.19.